The number of carboxylic acid groups (broad SMARTS) is 2. The summed E-state index contributed by atoms with van der Waals surface area (Å²) in [6.07, 6.45) is -1.57. The Balaban J connectivity index is 4.28. The van der Waals surface area contributed by atoms with Gasteiger partial charge in [-0.25, -0.2) is 0 Å². The highest BCUT2D eigenvalue weighted by molar-refractivity contribution is 5.77. The minimum atomic E-state index is -1.57. The summed E-state index contributed by atoms with van der Waals surface area (Å²) < 4.78 is 0. The van der Waals surface area contributed by atoms with E-state index >= 15 is 0 Å². The lowest BCUT2D eigenvalue weighted by Gasteiger charge is -2.18. The molecule has 0 heterocycles. The average molecular weight is 177 g/mol. The number of carbonyl (C=O) groups is 2. The molecule has 0 rings (SSSR count). The smallest absolute Gasteiger partial charge is 0.323 e. The standard InChI is InChI=1S/C6H11NO5/c1-2(5(9)10)4(8)3(7)6(11)12/h2-4,8H,7H2,1H3,(H,9,10)(H,11,12)/t2-,3-,4+/m0/s1. The van der Waals surface area contributed by atoms with E-state index in [1.165, 1.54) is 6.92 Å². The van der Waals surface area contributed by atoms with E-state index in [4.69, 9.17) is 21.1 Å². The highest BCUT2D eigenvalue weighted by Crippen LogP contribution is 2.06. The zero-order valence-corrected chi connectivity index (χ0v) is 6.47. The molecular weight excluding hydrogens is 166 g/mol. The van der Waals surface area contributed by atoms with Crippen LogP contribution < -0.4 is 5.73 Å². The number of aliphatic hydroxyl groups excluding tert-OH is 1. The first kappa shape index (κ1) is 10.9. The van der Waals surface area contributed by atoms with Gasteiger partial charge in [-0.15, -0.1) is 0 Å². The van der Waals surface area contributed by atoms with Crippen LogP contribution in [0.1, 0.15) is 6.92 Å². The lowest BCUT2D eigenvalue weighted by Crippen LogP contribution is -2.47. The lowest BCUT2D eigenvalue weighted by molar-refractivity contribution is -0.149. The van der Waals surface area contributed by atoms with Gasteiger partial charge in [-0.1, -0.05) is 0 Å². The molecule has 0 aliphatic carbocycles. The van der Waals surface area contributed by atoms with Crippen molar-refractivity contribution in [1.82, 2.24) is 0 Å². The predicted molar refractivity (Wildman–Crippen MR) is 38.4 cm³/mol. The highest BCUT2D eigenvalue weighted by Gasteiger charge is 2.31. The monoisotopic (exact) mass is 177 g/mol. The van der Waals surface area contributed by atoms with Crippen LogP contribution in [-0.2, 0) is 9.59 Å². The lowest BCUT2D eigenvalue weighted by atomic mass is 9.99. The zero-order valence-electron chi connectivity index (χ0n) is 6.47. The number of nitrogens with two attached hydrogens (primary N) is 1. The fourth-order valence-corrected chi connectivity index (χ4v) is 0.603. The molecule has 0 radical (unpaired) electrons. The first-order valence-corrected chi connectivity index (χ1v) is 3.27. The molecule has 0 unspecified atom stereocenters. The summed E-state index contributed by atoms with van der Waals surface area (Å²) >= 11 is 0. The van der Waals surface area contributed by atoms with Crippen LogP contribution in [0.5, 0.6) is 0 Å². The van der Waals surface area contributed by atoms with E-state index in [0.29, 0.717) is 0 Å². The van der Waals surface area contributed by atoms with E-state index in [9.17, 15) is 9.59 Å². The second kappa shape index (κ2) is 4.03. The van der Waals surface area contributed by atoms with Crippen molar-refractivity contribution in [1.29, 1.82) is 0 Å². The van der Waals surface area contributed by atoms with E-state index in [-0.39, 0.29) is 0 Å². The average Bonchev–Trinajstić information content (AvgIpc) is 2.00. The Morgan fingerprint density at radius 1 is 1.25 bits per heavy atom. The van der Waals surface area contributed by atoms with Crippen LogP contribution in [0, 0.1) is 5.92 Å². The van der Waals surface area contributed by atoms with Crippen LogP contribution >= 0.6 is 0 Å². The molecule has 6 nitrogen and oxygen atoms in total. The minimum absolute atomic E-state index is 1.18. The van der Waals surface area contributed by atoms with E-state index < -0.39 is 30.0 Å². The molecule has 0 saturated carbocycles. The number of rotatable bonds is 4. The van der Waals surface area contributed by atoms with Gasteiger partial charge in [-0.05, 0) is 6.92 Å². The molecule has 0 aromatic rings. The molecule has 0 aromatic heterocycles. The van der Waals surface area contributed by atoms with Crippen LogP contribution in [0.15, 0.2) is 0 Å². The molecule has 6 heteroatoms. The van der Waals surface area contributed by atoms with Crippen molar-refractivity contribution in [3.8, 4) is 0 Å². The maximum Gasteiger partial charge on any atom is 0.323 e. The molecule has 0 aromatic carbocycles. The van der Waals surface area contributed by atoms with E-state index in [1.807, 2.05) is 0 Å². The van der Waals surface area contributed by atoms with Gasteiger partial charge < -0.3 is 21.1 Å². The number of hydrogen-bond donors (Lipinski definition) is 4. The largest absolute Gasteiger partial charge is 0.481 e. The van der Waals surface area contributed by atoms with Crippen molar-refractivity contribution in [2.45, 2.75) is 19.1 Å². The van der Waals surface area contributed by atoms with Gasteiger partial charge in [-0.3, -0.25) is 9.59 Å². The Morgan fingerprint density at radius 2 is 1.67 bits per heavy atom. The fourth-order valence-electron chi connectivity index (χ4n) is 0.603. The highest BCUT2D eigenvalue weighted by atomic mass is 16.4. The molecule has 0 fully saturated rings. The maximum atomic E-state index is 10.3. The molecule has 12 heavy (non-hydrogen) atoms. The molecular formula is C6H11NO5. The quantitative estimate of drug-likeness (QED) is 0.414. The molecule has 0 amide bonds. The van der Waals surface area contributed by atoms with Crippen molar-refractivity contribution < 1.29 is 24.9 Å². The Hall–Kier alpha value is -1.14. The topological polar surface area (TPSA) is 121 Å². The Kier molecular flexibility index (Phi) is 3.65. The van der Waals surface area contributed by atoms with Gasteiger partial charge in [0.05, 0.1) is 12.0 Å². The number of hydrogen-bond acceptors (Lipinski definition) is 4. The van der Waals surface area contributed by atoms with Gasteiger partial charge in [0.2, 0.25) is 0 Å². The zero-order chi connectivity index (χ0) is 9.89. The van der Waals surface area contributed by atoms with E-state index in [2.05, 4.69) is 0 Å². The molecule has 0 bridgehead atoms. The summed E-state index contributed by atoms with van der Waals surface area (Å²) in [4.78, 5) is 20.4. The van der Waals surface area contributed by atoms with Crippen LogP contribution in [0.3, 0.4) is 0 Å². The molecule has 0 saturated heterocycles. The third-order valence-corrected chi connectivity index (χ3v) is 1.55. The molecule has 70 valence electrons. The van der Waals surface area contributed by atoms with Gasteiger partial charge in [-0.2, -0.15) is 0 Å². The third kappa shape index (κ3) is 2.48. The van der Waals surface area contributed by atoms with Crippen molar-refractivity contribution >= 4 is 11.9 Å². The Labute approximate surface area is 68.6 Å². The van der Waals surface area contributed by atoms with Crippen LogP contribution in [0.25, 0.3) is 0 Å². The van der Waals surface area contributed by atoms with Crippen molar-refractivity contribution in [2.24, 2.45) is 11.7 Å². The Bertz CT molecular complexity index is 172. The predicted octanol–water partition coefficient (Wildman–Crippen LogP) is -1.52. The van der Waals surface area contributed by atoms with Gasteiger partial charge in [0.1, 0.15) is 6.04 Å². The number of aliphatic carboxylic acids is 2. The molecule has 3 atom stereocenters. The summed E-state index contributed by atoms with van der Waals surface area (Å²) in [6, 6.07) is -1.56. The summed E-state index contributed by atoms with van der Waals surface area (Å²) in [6.45, 7) is 1.19. The normalized spacial score (nSPS) is 17.9. The van der Waals surface area contributed by atoms with Gasteiger partial charge in [0.25, 0.3) is 0 Å². The first-order chi connectivity index (χ1) is 5.37. The van der Waals surface area contributed by atoms with E-state index in [1.54, 1.807) is 0 Å². The first-order valence-electron chi connectivity index (χ1n) is 3.27. The summed E-state index contributed by atoms with van der Waals surface area (Å²) in [5.41, 5.74) is 4.99. The SMILES string of the molecule is C[C@H](C(=O)O)[C@@H](O)[C@H](N)C(=O)O. The molecule has 0 aliphatic rings. The maximum absolute atomic E-state index is 10.3. The van der Waals surface area contributed by atoms with Gasteiger partial charge in [0.15, 0.2) is 0 Å². The summed E-state index contributed by atoms with van der Waals surface area (Å²) in [5.74, 6) is -3.88. The van der Waals surface area contributed by atoms with Crippen molar-refractivity contribution in [3.63, 3.8) is 0 Å². The fraction of sp³-hybridized carbons (Fsp3) is 0.667. The molecule has 0 aliphatic heterocycles. The van der Waals surface area contributed by atoms with Crippen LogP contribution in [-0.4, -0.2) is 39.4 Å². The summed E-state index contributed by atoms with van der Waals surface area (Å²) in [7, 11) is 0. The van der Waals surface area contributed by atoms with Crippen LogP contribution in [0.2, 0.25) is 0 Å². The van der Waals surface area contributed by atoms with E-state index in [0.717, 1.165) is 0 Å². The van der Waals surface area contributed by atoms with Crippen molar-refractivity contribution in [3.05, 3.63) is 0 Å². The summed E-state index contributed by atoms with van der Waals surface area (Å²) in [5, 5.41) is 25.7. The molecule has 0 spiro atoms. The Morgan fingerprint density at radius 3 is 1.92 bits per heavy atom. The molecule has 5 N–H and O–H groups in total. The van der Waals surface area contributed by atoms with Crippen LogP contribution in [0.4, 0.5) is 0 Å². The number of aliphatic hydroxyl groups is 1. The second-order valence-corrected chi connectivity index (χ2v) is 2.48. The third-order valence-electron chi connectivity index (χ3n) is 1.55. The van der Waals surface area contributed by atoms with Gasteiger partial charge >= 0.3 is 11.9 Å². The van der Waals surface area contributed by atoms with Crippen molar-refractivity contribution in [2.75, 3.05) is 0 Å². The minimum Gasteiger partial charge on any atom is -0.481 e. The second-order valence-electron chi connectivity index (χ2n) is 2.48. The number of carboxylic acids is 2. The van der Waals surface area contributed by atoms with Gasteiger partial charge in [0, 0.05) is 0 Å².